The molecule has 154 valence electrons. The molecule has 2 N–H and O–H groups in total. The molecule has 1 aromatic carbocycles. The zero-order chi connectivity index (χ0) is 20.5. The minimum Gasteiger partial charge on any atom is -0.468 e. The number of aromatic amines is 1. The van der Waals surface area contributed by atoms with Gasteiger partial charge in [-0.25, -0.2) is 4.98 Å². The summed E-state index contributed by atoms with van der Waals surface area (Å²) >= 11 is 1.64. The van der Waals surface area contributed by atoms with Crippen molar-refractivity contribution in [2.75, 3.05) is 6.54 Å². The zero-order valence-electron chi connectivity index (χ0n) is 16.5. The normalized spacial score (nSPS) is 14.5. The Hall–Kier alpha value is -2.74. The second-order valence-electron chi connectivity index (χ2n) is 7.73. The Morgan fingerprint density at radius 3 is 2.83 bits per heavy atom. The smallest absolute Gasteiger partial charge is 0.259 e. The Bertz CT molecular complexity index is 1200. The Morgan fingerprint density at radius 1 is 1.17 bits per heavy atom. The van der Waals surface area contributed by atoms with Crippen LogP contribution >= 0.6 is 11.3 Å². The van der Waals surface area contributed by atoms with Gasteiger partial charge < -0.3 is 14.5 Å². The van der Waals surface area contributed by atoms with Gasteiger partial charge in [0.05, 0.1) is 30.8 Å². The third kappa shape index (κ3) is 3.84. The summed E-state index contributed by atoms with van der Waals surface area (Å²) in [5.41, 5.74) is 1.98. The summed E-state index contributed by atoms with van der Waals surface area (Å²) in [5.74, 6) is 1.41. The highest BCUT2D eigenvalue weighted by Crippen LogP contribution is 2.34. The molecule has 4 aromatic rings. The highest BCUT2D eigenvalue weighted by Gasteiger charge is 2.22. The fourth-order valence-corrected chi connectivity index (χ4v) is 5.45. The van der Waals surface area contributed by atoms with Crippen LogP contribution in [0.25, 0.3) is 10.2 Å². The molecule has 0 radical (unpaired) electrons. The van der Waals surface area contributed by atoms with E-state index in [0.717, 1.165) is 40.8 Å². The molecule has 3 heterocycles. The van der Waals surface area contributed by atoms with Crippen LogP contribution in [-0.4, -0.2) is 26.5 Å². The van der Waals surface area contributed by atoms with Crippen LogP contribution in [0.2, 0.25) is 0 Å². The molecule has 30 heavy (non-hydrogen) atoms. The number of aromatic nitrogens is 2. The summed E-state index contributed by atoms with van der Waals surface area (Å²) in [5, 5.41) is 11.5. The summed E-state index contributed by atoms with van der Waals surface area (Å²) in [6.07, 6.45) is 4.11. The van der Waals surface area contributed by atoms with Crippen LogP contribution in [0, 0.1) is 0 Å². The van der Waals surface area contributed by atoms with Gasteiger partial charge in [0.15, 0.2) is 0 Å². The predicted molar refractivity (Wildman–Crippen MR) is 116 cm³/mol. The van der Waals surface area contributed by atoms with Crippen molar-refractivity contribution in [3.05, 3.63) is 86.7 Å². The molecular formula is C23H23N3O3S. The molecule has 5 rings (SSSR count). The quantitative estimate of drug-likeness (QED) is 0.474. The number of hydrogen-bond donors (Lipinski definition) is 2. The van der Waals surface area contributed by atoms with Crippen molar-refractivity contribution in [2.24, 2.45) is 0 Å². The van der Waals surface area contributed by atoms with E-state index in [1.807, 2.05) is 47.4 Å². The van der Waals surface area contributed by atoms with Gasteiger partial charge in [0.2, 0.25) is 0 Å². The molecule has 0 aliphatic heterocycles. The van der Waals surface area contributed by atoms with Gasteiger partial charge in [-0.1, -0.05) is 30.3 Å². The molecule has 0 spiro atoms. The van der Waals surface area contributed by atoms with Crippen LogP contribution in [0.4, 0.5) is 0 Å². The number of hydrogen-bond acceptors (Lipinski definition) is 6. The van der Waals surface area contributed by atoms with Crippen LogP contribution in [0.5, 0.6) is 0 Å². The van der Waals surface area contributed by atoms with E-state index in [1.165, 1.54) is 10.4 Å². The lowest BCUT2D eigenvalue weighted by Crippen LogP contribution is -2.29. The molecule has 0 amide bonds. The van der Waals surface area contributed by atoms with E-state index in [9.17, 15) is 9.90 Å². The topological polar surface area (TPSA) is 82.4 Å². The van der Waals surface area contributed by atoms with Crippen molar-refractivity contribution < 1.29 is 9.52 Å². The number of H-pyrrole nitrogens is 1. The van der Waals surface area contributed by atoms with Crippen molar-refractivity contribution in [1.29, 1.82) is 0 Å². The zero-order valence-corrected chi connectivity index (χ0v) is 17.3. The SMILES string of the molecule is O=c1[nH]c(CN(Cc2ccco2)CC(O)c2ccccc2)nc2sc3c(c12)CCC3. The lowest BCUT2D eigenvalue weighted by Gasteiger charge is -2.24. The number of nitrogens with one attached hydrogen (secondary N) is 1. The lowest BCUT2D eigenvalue weighted by molar-refractivity contribution is 0.0989. The summed E-state index contributed by atoms with van der Waals surface area (Å²) in [7, 11) is 0. The molecule has 3 aromatic heterocycles. The van der Waals surface area contributed by atoms with Crippen molar-refractivity contribution in [1.82, 2.24) is 14.9 Å². The summed E-state index contributed by atoms with van der Waals surface area (Å²) in [6.45, 7) is 1.32. The summed E-state index contributed by atoms with van der Waals surface area (Å²) in [6, 6.07) is 13.3. The number of nitrogens with zero attached hydrogens (tertiary/aromatic N) is 2. The number of furan rings is 1. The largest absolute Gasteiger partial charge is 0.468 e. The van der Waals surface area contributed by atoms with Gasteiger partial charge in [0.25, 0.3) is 5.56 Å². The number of rotatable bonds is 7. The Kier molecular flexibility index (Phi) is 5.25. The van der Waals surface area contributed by atoms with Crippen molar-refractivity contribution in [3.8, 4) is 0 Å². The van der Waals surface area contributed by atoms with Gasteiger partial charge in [-0.2, -0.15) is 0 Å². The number of benzene rings is 1. The van der Waals surface area contributed by atoms with E-state index < -0.39 is 6.10 Å². The van der Waals surface area contributed by atoms with E-state index in [0.29, 0.717) is 25.5 Å². The average molecular weight is 422 g/mol. The second kappa shape index (κ2) is 8.18. The first-order valence-electron chi connectivity index (χ1n) is 10.2. The van der Waals surface area contributed by atoms with E-state index >= 15 is 0 Å². The highest BCUT2D eigenvalue weighted by atomic mass is 32.1. The first-order valence-corrected chi connectivity index (χ1v) is 11.0. The van der Waals surface area contributed by atoms with E-state index in [2.05, 4.69) is 4.98 Å². The van der Waals surface area contributed by atoms with Crippen molar-refractivity contribution >= 4 is 21.6 Å². The number of aliphatic hydroxyl groups excluding tert-OH is 1. The Labute approximate surface area is 177 Å². The third-order valence-corrected chi connectivity index (χ3v) is 6.76. The van der Waals surface area contributed by atoms with Crippen molar-refractivity contribution in [3.63, 3.8) is 0 Å². The highest BCUT2D eigenvalue weighted by molar-refractivity contribution is 7.18. The maximum absolute atomic E-state index is 12.8. The van der Waals surface area contributed by atoms with Crippen LogP contribution < -0.4 is 5.56 Å². The fourth-order valence-electron chi connectivity index (χ4n) is 4.17. The van der Waals surface area contributed by atoms with Crippen LogP contribution in [0.3, 0.4) is 0 Å². The molecule has 1 aliphatic carbocycles. The molecule has 1 unspecified atom stereocenters. The molecule has 0 bridgehead atoms. The maximum Gasteiger partial charge on any atom is 0.259 e. The average Bonchev–Trinajstić information content (AvgIpc) is 3.46. The summed E-state index contributed by atoms with van der Waals surface area (Å²) < 4.78 is 5.51. The number of aryl methyl sites for hydroxylation is 2. The monoisotopic (exact) mass is 421 g/mol. The molecule has 0 fully saturated rings. The Morgan fingerprint density at radius 2 is 2.03 bits per heavy atom. The molecule has 0 saturated heterocycles. The van der Waals surface area contributed by atoms with E-state index in [4.69, 9.17) is 9.40 Å². The lowest BCUT2D eigenvalue weighted by atomic mass is 10.1. The predicted octanol–water partition coefficient (Wildman–Crippen LogP) is 3.80. The van der Waals surface area contributed by atoms with Crippen LogP contribution in [0.1, 0.15) is 40.1 Å². The van der Waals surface area contributed by atoms with Gasteiger partial charge in [-0.3, -0.25) is 9.69 Å². The van der Waals surface area contributed by atoms with Crippen LogP contribution in [-0.2, 0) is 25.9 Å². The molecule has 6 nitrogen and oxygen atoms in total. The van der Waals surface area contributed by atoms with E-state index in [1.54, 1.807) is 17.6 Å². The molecule has 0 saturated carbocycles. The van der Waals surface area contributed by atoms with E-state index in [-0.39, 0.29) is 5.56 Å². The number of thiophene rings is 1. The molecule has 7 heteroatoms. The maximum atomic E-state index is 12.8. The first-order chi connectivity index (χ1) is 14.7. The van der Waals surface area contributed by atoms with Gasteiger partial charge >= 0.3 is 0 Å². The van der Waals surface area contributed by atoms with Gasteiger partial charge in [-0.15, -0.1) is 11.3 Å². The molecule has 1 atom stereocenters. The summed E-state index contributed by atoms with van der Waals surface area (Å²) in [4.78, 5) is 24.7. The third-order valence-electron chi connectivity index (χ3n) is 5.57. The molecular weight excluding hydrogens is 398 g/mol. The Balaban J connectivity index is 1.42. The standard InChI is InChI=1S/C23H23N3O3S/c27-18(15-6-2-1-3-7-15)13-26(12-16-8-5-11-29-16)14-20-24-22(28)21-17-9-4-10-19(17)30-23(21)25-20/h1-3,5-8,11,18,27H,4,9-10,12-14H2,(H,24,25,28). The minimum absolute atomic E-state index is 0.0593. The van der Waals surface area contributed by atoms with Crippen molar-refractivity contribution in [2.45, 2.75) is 38.5 Å². The van der Waals surface area contributed by atoms with Gasteiger partial charge in [0, 0.05) is 11.4 Å². The van der Waals surface area contributed by atoms with Gasteiger partial charge in [0.1, 0.15) is 16.4 Å². The van der Waals surface area contributed by atoms with Crippen LogP contribution in [0.15, 0.2) is 57.9 Å². The number of fused-ring (bicyclic) bond motifs is 3. The first kappa shape index (κ1) is 19.2. The fraction of sp³-hybridized carbons (Fsp3) is 0.304. The van der Waals surface area contributed by atoms with Gasteiger partial charge in [-0.05, 0) is 42.5 Å². The second-order valence-corrected chi connectivity index (χ2v) is 8.81. The number of aliphatic hydroxyl groups is 1. The minimum atomic E-state index is -0.651. The molecule has 1 aliphatic rings.